The van der Waals surface area contributed by atoms with Gasteiger partial charge in [-0.25, -0.2) is 9.59 Å². The van der Waals surface area contributed by atoms with E-state index in [1.165, 1.54) is 0 Å². The van der Waals surface area contributed by atoms with Gasteiger partial charge in [-0.2, -0.15) is 0 Å². The van der Waals surface area contributed by atoms with E-state index in [2.05, 4.69) is 10.3 Å². The molecular formula is C22H20N2O4. The van der Waals surface area contributed by atoms with Crippen molar-refractivity contribution in [3.05, 3.63) is 71.8 Å². The zero-order chi connectivity index (χ0) is 19.8. The molecule has 0 amide bonds. The van der Waals surface area contributed by atoms with Gasteiger partial charge in [-0.3, -0.25) is 0 Å². The summed E-state index contributed by atoms with van der Waals surface area (Å²) in [5.41, 5.74) is 0.0412. The predicted molar refractivity (Wildman–Crippen MR) is 104 cm³/mol. The second kappa shape index (κ2) is 6.71. The normalized spacial score (nSPS) is 26.5. The summed E-state index contributed by atoms with van der Waals surface area (Å²) < 4.78 is 0. The topological polar surface area (TPSA) is 77.3 Å². The Morgan fingerprint density at radius 2 is 1.04 bits per heavy atom. The van der Waals surface area contributed by atoms with E-state index in [1.807, 2.05) is 60.7 Å². The van der Waals surface area contributed by atoms with Crippen LogP contribution in [0, 0.1) is 10.8 Å². The number of benzene rings is 2. The molecule has 0 spiro atoms. The first-order chi connectivity index (χ1) is 13.5. The van der Waals surface area contributed by atoms with Crippen molar-refractivity contribution in [2.75, 3.05) is 0 Å². The molecule has 142 valence electrons. The summed E-state index contributed by atoms with van der Waals surface area (Å²) in [6.45, 7) is 3.44. The van der Waals surface area contributed by atoms with Gasteiger partial charge in [0.15, 0.2) is 0 Å². The number of carbonyl (C=O) groups excluding carboxylic acids is 2. The Kier molecular flexibility index (Phi) is 4.34. The van der Waals surface area contributed by atoms with Crippen LogP contribution >= 0.6 is 0 Å². The number of nitrogens with zero attached hydrogens (tertiary/aromatic N) is 2. The summed E-state index contributed by atoms with van der Waals surface area (Å²) in [5.74, 6) is -1.11. The monoisotopic (exact) mass is 376 g/mol. The maximum absolute atomic E-state index is 13.2. The third kappa shape index (κ3) is 2.48. The molecule has 0 saturated carbocycles. The highest BCUT2D eigenvalue weighted by Crippen LogP contribution is 2.53. The molecule has 2 unspecified atom stereocenters. The summed E-state index contributed by atoms with van der Waals surface area (Å²) in [7, 11) is 0. The average molecular weight is 376 g/mol. The lowest BCUT2D eigenvalue weighted by molar-refractivity contribution is -0.163. The smallest absolute Gasteiger partial charge is 0.317 e. The minimum atomic E-state index is -1.33. The van der Waals surface area contributed by atoms with E-state index >= 15 is 0 Å². The van der Waals surface area contributed by atoms with Gasteiger partial charge in [0.1, 0.15) is 10.8 Å². The summed E-state index contributed by atoms with van der Waals surface area (Å²) in [4.78, 5) is 36.6. The molecule has 0 aromatic heterocycles. The van der Waals surface area contributed by atoms with E-state index in [9.17, 15) is 9.59 Å². The van der Waals surface area contributed by atoms with Crippen molar-refractivity contribution >= 4 is 23.4 Å². The molecule has 0 saturated heterocycles. The second-order valence-corrected chi connectivity index (χ2v) is 7.25. The van der Waals surface area contributed by atoms with Crippen molar-refractivity contribution in [1.82, 2.24) is 0 Å². The van der Waals surface area contributed by atoms with Crippen LogP contribution in [0.3, 0.4) is 0 Å². The van der Waals surface area contributed by atoms with E-state index in [1.54, 1.807) is 13.8 Å². The van der Waals surface area contributed by atoms with Crippen LogP contribution in [-0.2, 0) is 32.1 Å². The lowest BCUT2D eigenvalue weighted by atomic mass is 9.54. The van der Waals surface area contributed by atoms with Crippen molar-refractivity contribution in [3.63, 3.8) is 0 Å². The maximum atomic E-state index is 13.2. The molecule has 4 rings (SSSR count). The van der Waals surface area contributed by atoms with E-state index in [0.717, 1.165) is 11.1 Å². The number of hydrogen-bond acceptors (Lipinski definition) is 6. The molecule has 28 heavy (non-hydrogen) atoms. The third-order valence-corrected chi connectivity index (χ3v) is 5.82. The molecule has 0 N–H and O–H groups in total. The predicted octanol–water partition coefficient (Wildman–Crippen LogP) is 3.31. The highest BCUT2D eigenvalue weighted by Gasteiger charge is 2.70. The van der Waals surface area contributed by atoms with Crippen molar-refractivity contribution in [1.29, 1.82) is 0 Å². The molecule has 6 heteroatoms. The molecule has 0 radical (unpaired) electrons. The van der Waals surface area contributed by atoms with Crippen LogP contribution in [0.1, 0.15) is 25.0 Å². The van der Waals surface area contributed by atoms with Crippen molar-refractivity contribution in [3.8, 4) is 0 Å². The molecule has 2 aromatic rings. The molecule has 0 fully saturated rings. The Morgan fingerprint density at radius 3 is 1.32 bits per heavy atom. The molecule has 2 aliphatic heterocycles. The minimum Gasteiger partial charge on any atom is -0.317 e. The molecule has 2 heterocycles. The van der Waals surface area contributed by atoms with Gasteiger partial charge < -0.3 is 9.68 Å². The van der Waals surface area contributed by atoms with Crippen molar-refractivity contribution in [2.45, 2.75) is 26.7 Å². The van der Waals surface area contributed by atoms with Crippen molar-refractivity contribution < 1.29 is 19.3 Å². The first-order valence-corrected chi connectivity index (χ1v) is 9.11. The van der Waals surface area contributed by atoms with E-state index in [0.29, 0.717) is 11.4 Å². The summed E-state index contributed by atoms with van der Waals surface area (Å²) in [6, 6.07) is 19.1. The number of rotatable bonds is 5. The Hall–Kier alpha value is -3.28. The summed E-state index contributed by atoms with van der Waals surface area (Å²) in [5, 5.41) is 7.94. The maximum Gasteiger partial charge on any atom is 0.348 e. The molecule has 0 bridgehead atoms. The molecule has 2 atom stereocenters. The second-order valence-electron chi connectivity index (χ2n) is 7.25. The van der Waals surface area contributed by atoms with E-state index < -0.39 is 22.8 Å². The van der Waals surface area contributed by atoms with Gasteiger partial charge in [-0.1, -0.05) is 71.0 Å². The zero-order valence-corrected chi connectivity index (χ0v) is 15.7. The van der Waals surface area contributed by atoms with Crippen molar-refractivity contribution in [2.24, 2.45) is 21.1 Å². The fraction of sp³-hybridized carbons (Fsp3) is 0.273. The first kappa shape index (κ1) is 18.1. The van der Waals surface area contributed by atoms with E-state index in [-0.39, 0.29) is 12.8 Å². The molecule has 2 aliphatic rings. The van der Waals surface area contributed by atoms with E-state index in [4.69, 9.17) is 9.68 Å². The Morgan fingerprint density at radius 1 is 0.679 bits per heavy atom. The third-order valence-electron chi connectivity index (χ3n) is 5.82. The van der Waals surface area contributed by atoms with Gasteiger partial charge >= 0.3 is 11.9 Å². The number of oxime groups is 2. The van der Waals surface area contributed by atoms with Gasteiger partial charge in [0, 0.05) is 0 Å². The fourth-order valence-corrected chi connectivity index (χ4v) is 4.30. The highest BCUT2D eigenvalue weighted by molar-refractivity contribution is 6.22. The van der Waals surface area contributed by atoms with Crippen LogP contribution in [0.15, 0.2) is 71.0 Å². The molecule has 6 nitrogen and oxygen atoms in total. The van der Waals surface area contributed by atoms with Crippen LogP contribution < -0.4 is 0 Å². The SMILES string of the molecule is CC1=NOC(=O)C1(Cc1ccccc1)C1(Cc2ccccc2)C(=O)ON=C1C. The zero-order valence-electron chi connectivity index (χ0n) is 15.7. The van der Waals surface area contributed by atoms with Crippen LogP contribution in [0.5, 0.6) is 0 Å². The van der Waals surface area contributed by atoms with Crippen LogP contribution in [-0.4, -0.2) is 23.4 Å². The summed E-state index contributed by atoms with van der Waals surface area (Å²) in [6.07, 6.45) is 0.521. The summed E-state index contributed by atoms with van der Waals surface area (Å²) >= 11 is 0. The van der Waals surface area contributed by atoms with Crippen LogP contribution in [0.25, 0.3) is 0 Å². The largest absolute Gasteiger partial charge is 0.348 e. The Labute approximate surface area is 162 Å². The molecular weight excluding hydrogens is 356 g/mol. The van der Waals surface area contributed by atoms with Crippen LogP contribution in [0.4, 0.5) is 0 Å². The first-order valence-electron chi connectivity index (χ1n) is 9.11. The van der Waals surface area contributed by atoms with Gasteiger partial charge in [0.05, 0.1) is 11.4 Å². The lowest BCUT2D eigenvalue weighted by Crippen LogP contribution is -2.59. The fourth-order valence-electron chi connectivity index (χ4n) is 4.30. The highest BCUT2D eigenvalue weighted by atomic mass is 16.7. The Bertz CT molecular complexity index is 903. The van der Waals surface area contributed by atoms with Crippen LogP contribution in [0.2, 0.25) is 0 Å². The van der Waals surface area contributed by atoms with Gasteiger partial charge in [0.25, 0.3) is 0 Å². The molecule has 2 aromatic carbocycles. The lowest BCUT2D eigenvalue weighted by Gasteiger charge is -2.40. The van der Waals surface area contributed by atoms with Gasteiger partial charge in [-0.15, -0.1) is 0 Å². The van der Waals surface area contributed by atoms with Gasteiger partial charge in [-0.05, 0) is 37.8 Å². The minimum absolute atomic E-state index is 0.261. The average Bonchev–Trinajstić information content (AvgIpc) is 3.16. The number of hydrogen-bond donors (Lipinski definition) is 0. The van der Waals surface area contributed by atoms with Gasteiger partial charge in [0.2, 0.25) is 0 Å². The standard InChI is InChI=1S/C22H20N2O4/c1-15-21(19(25)27-23-15,13-17-9-5-3-6-10-17)22(16(2)24-28-20(22)26)14-18-11-7-4-8-12-18/h3-12H,13-14H2,1-2H3. The Balaban J connectivity index is 1.93. The number of carbonyl (C=O) groups is 2. The quantitative estimate of drug-likeness (QED) is 0.750. The molecule has 0 aliphatic carbocycles.